The molecule has 2 aromatic heterocycles. The van der Waals surface area contributed by atoms with Gasteiger partial charge in [-0.3, -0.25) is 4.79 Å². The van der Waals surface area contributed by atoms with E-state index >= 15 is 0 Å². The first-order chi connectivity index (χ1) is 17.8. The lowest BCUT2D eigenvalue weighted by molar-refractivity contribution is -0.147. The van der Waals surface area contributed by atoms with E-state index in [9.17, 15) is 31.5 Å². The average molecular weight is 630 g/mol. The largest absolute Gasteiger partial charge is 0.481 e. The minimum absolute atomic E-state index is 0.00915. The summed E-state index contributed by atoms with van der Waals surface area (Å²) < 4.78 is 71.3. The van der Waals surface area contributed by atoms with Gasteiger partial charge in [-0.15, -0.1) is 21.5 Å². The molecule has 0 saturated carbocycles. The van der Waals surface area contributed by atoms with E-state index in [2.05, 4.69) is 15.2 Å². The fourth-order valence-corrected chi connectivity index (χ4v) is 6.52. The highest BCUT2D eigenvalue weighted by Crippen LogP contribution is 2.43. The number of carboxylic acid groups (broad SMARTS) is 1. The number of thiazole rings is 1. The fourth-order valence-electron chi connectivity index (χ4n) is 3.32. The van der Waals surface area contributed by atoms with Gasteiger partial charge in [0.05, 0.1) is 26.0 Å². The van der Waals surface area contributed by atoms with Crippen molar-refractivity contribution < 1.29 is 35.9 Å². The molecule has 214 valence electrons. The Kier molecular flexibility index (Phi) is 9.07. The van der Waals surface area contributed by atoms with Crippen LogP contribution in [0.3, 0.4) is 0 Å². The van der Waals surface area contributed by atoms with Gasteiger partial charge in [-0.25, -0.2) is 13.4 Å². The van der Waals surface area contributed by atoms with Crippen LogP contribution in [-0.4, -0.2) is 46.9 Å². The molecule has 0 amide bonds. The minimum atomic E-state index is -4.80. The predicted molar refractivity (Wildman–Crippen MR) is 140 cm³/mol. The molecule has 0 fully saturated rings. The number of carbonyl (C=O) groups is 1. The summed E-state index contributed by atoms with van der Waals surface area (Å²) in [6.07, 6.45) is -4.33. The second-order valence-corrected chi connectivity index (χ2v) is 13.3. The third-order valence-corrected chi connectivity index (χ3v) is 9.22. The third-order valence-electron chi connectivity index (χ3n) is 5.52. The standard InChI is InChI=1S/C23H25Cl2F3N4O5S2/c1-10(2)8-13-18(38-20(29-13)19-31-30-15(37-19)9-22(4,5)21(33)34)12-6-7-14(17(25)16(12)24)39(35,36)32-11(3)23(26,27)28/h6-7,10-11,32H,8-9H2,1-5H3,(H,33,34). The molecule has 0 bridgehead atoms. The molecule has 0 saturated heterocycles. The predicted octanol–water partition coefficient (Wildman–Crippen LogP) is 6.25. The van der Waals surface area contributed by atoms with E-state index in [-0.39, 0.29) is 29.1 Å². The van der Waals surface area contributed by atoms with Crippen molar-refractivity contribution in [1.29, 1.82) is 0 Å². The molecule has 16 heteroatoms. The quantitative estimate of drug-likeness (QED) is 0.269. The Labute approximate surface area is 236 Å². The molecule has 3 rings (SSSR count). The van der Waals surface area contributed by atoms with Crippen molar-refractivity contribution in [2.24, 2.45) is 11.3 Å². The Morgan fingerprint density at radius 1 is 1.15 bits per heavy atom. The normalized spacial score (nSPS) is 13.7. The summed E-state index contributed by atoms with van der Waals surface area (Å²) in [6, 6.07) is 0.0717. The van der Waals surface area contributed by atoms with Crippen molar-refractivity contribution in [3.05, 3.63) is 33.8 Å². The van der Waals surface area contributed by atoms with Gasteiger partial charge in [-0.1, -0.05) is 43.1 Å². The molecule has 39 heavy (non-hydrogen) atoms. The number of nitrogens with zero attached hydrogens (tertiary/aromatic N) is 3. The molecule has 9 nitrogen and oxygen atoms in total. The number of hydrogen-bond acceptors (Lipinski definition) is 8. The van der Waals surface area contributed by atoms with Crippen LogP contribution in [0.1, 0.15) is 46.2 Å². The van der Waals surface area contributed by atoms with Crippen LogP contribution in [0, 0.1) is 11.3 Å². The molecule has 3 aromatic rings. The van der Waals surface area contributed by atoms with E-state index in [0.717, 1.165) is 17.4 Å². The Bertz CT molecular complexity index is 1490. The Hall–Kier alpha value is -2.26. The van der Waals surface area contributed by atoms with Gasteiger partial charge in [-0.05, 0) is 39.2 Å². The van der Waals surface area contributed by atoms with Crippen LogP contribution < -0.4 is 4.72 Å². The summed E-state index contributed by atoms with van der Waals surface area (Å²) in [5, 5.41) is 17.0. The smallest absolute Gasteiger partial charge is 0.404 e. The van der Waals surface area contributed by atoms with Crippen LogP contribution in [0.4, 0.5) is 13.2 Å². The number of aromatic nitrogens is 3. The lowest BCUT2D eigenvalue weighted by Crippen LogP contribution is -2.43. The van der Waals surface area contributed by atoms with Gasteiger partial charge in [-0.2, -0.15) is 17.9 Å². The van der Waals surface area contributed by atoms with Crippen LogP contribution in [-0.2, 0) is 27.7 Å². The SMILES string of the molecule is CC(C)Cc1nc(-c2nnc(CC(C)(C)C(=O)O)o2)sc1-c1ccc(S(=O)(=O)NC(C)C(F)(F)F)c(Cl)c1Cl. The van der Waals surface area contributed by atoms with Gasteiger partial charge in [0.25, 0.3) is 5.89 Å². The van der Waals surface area contributed by atoms with E-state index in [1.165, 1.54) is 19.9 Å². The lowest BCUT2D eigenvalue weighted by atomic mass is 9.90. The first-order valence-corrected chi connectivity index (χ1v) is 14.5. The maximum atomic E-state index is 12.9. The van der Waals surface area contributed by atoms with Crippen molar-refractivity contribution >= 4 is 50.5 Å². The topological polar surface area (TPSA) is 135 Å². The minimum Gasteiger partial charge on any atom is -0.481 e. The summed E-state index contributed by atoms with van der Waals surface area (Å²) >= 11 is 13.8. The Balaban J connectivity index is 2.04. The maximum absolute atomic E-state index is 12.9. The zero-order valence-electron chi connectivity index (χ0n) is 21.4. The van der Waals surface area contributed by atoms with Crippen LogP contribution >= 0.6 is 34.5 Å². The molecule has 1 unspecified atom stereocenters. The van der Waals surface area contributed by atoms with Gasteiger partial charge in [0.15, 0.2) is 5.01 Å². The average Bonchev–Trinajstić information content (AvgIpc) is 3.40. The fraction of sp³-hybridized carbons (Fsp3) is 0.478. The van der Waals surface area contributed by atoms with Crippen LogP contribution in [0.5, 0.6) is 0 Å². The van der Waals surface area contributed by atoms with Crippen LogP contribution in [0.25, 0.3) is 21.3 Å². The third kappa shape index (κ3) is 7.09. The highest BCUT2D eigenvalue weighted by Gasteiger charge is 2.39. The first-order valence-electron chi connectivity index (χ1n) is 11.5. The van der Waals surface area contributed by atoms with E-state index in [4.69, 9.17) is 27.6 Å². The van der Waals surface area contributed by atoms with Crippen molar-refractivity contribution in [1.82, 2.24) is 19.9 Å². The number of hydrogen-bond donors (Lipinski definition) is 2. The molecule has 1 atom stereocenters. The van der Waals surface area contributed by atoms with E-state index in [1.54, 1.807) is 4.72 Å². The molecule has 0 aliphatic carbocycles. The van der Waals surface area contributed by atoms with Crippen LogP contribution in [0.15, 0.2) is 21.4 Å². The lowest BCUT2D eigenvalue weighted by Gasteiger charge is -2.18. The summed E-state index contributed by atoms with van der Waals surface area (Å²) in [7, 11) is -4.65. The highest BCUT2D eigenvalue weighted by molar-refractivity contribution is 7.89. The number of carboxylic acids is 1. The Morgan fingerprint density at radius 2 is 1.79 bits per heavy atom. The van der Waals surface area contributed by atoms with Gasteiger partial charge < -0.3 is 9.52 Å². The maximum Gasteiger partial charge on any atom is 0.404 e. The molecular formula is C23H25Cl2F3N4O5S2. The van der Waals surface area contributed by atoms with Crippen LogP contribution in [0.2, 0.25) is 10.0 Å². The second kappa shape index (κ2) is 11.3. The van der Waals surface area contributed by atoms with Gasteiger partial charge >= 0.3 is 12.1 Å². The first kappa shape index (κ1) is 31.3. The summed E-state index contributed by atoms with van der Waals surface area (Å²) in [5.74, 6) is -0.719. The number of nitrogens with one attached hydrogen (secondary N) is 1. The van der Waals surface area contributed by atoms with E-state index in [0.29, 0.717) is 34.5 Å². The zero-order valence-corrected chi connectivity index (χ0v) is 24.5. The number of sulfonamides is 1. The molecule has 0 aliphatic rings. The Morgan fingerprint density at radius 3 is 2.36 bits per heavy atom. The summed E-state index contributed by atoms with van der Waals surface area (Å²) in [5.41, 5.74) is -0.247. The number of aliphatic carboxylic acids is 1. The van der Waals surface area contributed by atoms with Gasteiger partial charge in [0.2, 0.25) is 15.9 Å². The summed E-state index contributed by atoms with van der Waals surface area (Å²) in [4.78, 5) is 16.0. The van der Waals surface area contributed by atoms with Crippen molar-refractivity contribution in [2.45, 2.75) is 64.6 Å². The monoisotopic (exact) mass is 628 g/mol. The van der Waals surface area contributed by atoms with E-state index < -0.39 is 43.5 Å². The van der Waals surface area contributed by atoms with Gasteiger partial charge in [0.1, 0.15) is 10.9 Å². The van der Waals surface area contributed by atoms with Crippen molar-refractivity contribution in [2.75, 3.05) is 0 Å². The zero-order chi connectivity index (χ0) is 29.5. The second-order valence-electron chi connectivity index (χ2n) is 9.88. The summed E-state index contributed by atoms with van der Waals surface area (Å²) in [6.45, 7) is 7.63. The number of rotatable bonds is 10. The van der Waals surface area contributed by atoms with Crippen molar-refractivity contribution in [3.63, 3.8) is 0 Å². The van der Waals surface area contributed by atoms with Crippen molar-refractivity contribution in [3.8, 4) is 21.3 Å². The molecule has 0 aliphatic heterocycles. The number of halogens is 5. The molecule has 0 spiro atoms. The molecule has 2 N–H and O–H groups in total. The molecule has 2 heterocycles. The van der Waals surface area contributed by atoms with E-state index in [1.807, 2.05) is 13.8 Å². The van der Waals surface area contributed by atoms with Gasteiger partial charge in [0, 0.05) is 12.0 Å². The number of alkyl halides is 3. The molecule has 1 aromatic carbocycles. The number of benzene rings is 1. The molecule has 0 radical (unpaired) electrons. The molecular weight excluding hydrogens is 604 g/mol. The highest BCUT2D eigenvalue weighted by atomic mass is 35.5.